The van der Waals surface area contributed by atoms with Crippen LogP contribution in [-0.2, 0) is 16.0 Å². The van der Waals surface area contributed by atoms with Gasteiger partial charge in [0.05, 0.1) is 12.2 Å². The van der Waals surface area contributed by atoms with Gasteiger partial charge in [-0.3, -0.25) is 9.78 Å². The predicted molar refractivity (Wildman–Crippen MR) is 145 cm³/mol. The highest BCUT2D eigenvalue weighted by Crippen LogP contribution is 2.26. The van der Waals surface area contributed by atoms with Crippen LogP contribution in [0.5, 0.6) is 5.75 Å². The lowest BCUT2D eigenvalue weighted by molar-refractivity contribution is -0.114. The van der Waals surface area contributed by atoms with Crippen LogP contribution in [-0.4, -0.2) is 40.2 Å². The van der Waals surface area contributed by atoms with Crippen molar-refractivity contribution in [3.63, 3.8) is 0 Å². The number of alkyl carbamates (subject to hydrolysis) is 1. The van der Waals surface area contributed by atoms with E-state index in [1.54, 1.807) is 12.4 Å². The molecule has 0 saturated carbocycles. The molecule has 0 aliphatic carbocycles. The first-order chi connectivity index (χ1) is 17.7. The molecule has 192 valence electrons. The molecule has 0 radical (unpaired) electrons. The third kappa shape index (κ3) is 7.33. The summed E-state index contributed by atoms with van der Waals surface area (Å²) in [5, 5.41) is 6.85. The zero-order valence-corrected chi connectivity index (χ0v) is 21.5. The third-order valence-corrected chi connectivity index (χ3v) is 5.54. The van der Waals surface area contributed by atoms with Crippen LogP contribution in [0.4, 0.5) is 10.5 Å². The number of fused-ring (bicyclic) bond motifs is 1. The van der Waals surface area contributed by atoms with Crippen LogP contribution in [0.15, 0.2) is 73.2 Å². The second-order valence-electron chi connectivity index (χ2n) is 9.89. The molecule has 2 aromatic heterocycles. The maximum absolute atomic E-state index is 12.6. The zero-order valence-electron chi connectivity index (χ0n) is 21.5. The minimum atomic E-state index is -0.611. The van der Waals surface area contributed by atoms with Crippen LogP contribution in [0.25, 0.3) is 22.0 Å². The molecule has 0 saturated heterocycles. The van der Waals surface area contributed by atoms with Gasteiger partial charge >= 0.3 is 6.09 Å². The number of amides is 2. The minimum absolute atomic E-state index is 0.133. The number of para-hydroxylation sites is 1. The maximum atomic E-state index is 12.6. The van der Waals surface area contributed by atoms with E-state index in [0.29, 0.717) is 17.9 Å². The van der Waals surface area contributed by atoms with Gasteiger partial charge in [-0.05, 0) is 62.6 Å². The number of carbonyl (C=O) groups is 2. The molecular formula is C29H32N4O4. The summed E-state index contributed by atoms with van der Waals surface area (Å²) in [4.78, 5) is 31.6. The molecule has 0 aliphatic heterocycles. The molecule has 8 nitrogen and oxygen atoms in total. The Morgan fingerprint density at radius 2 is 1.84 bits per heavy atom. The van der Waals surface area contributed by atoms with Crippen molar-refractivity contribution >= 4 is 28.6 Å². The van der Waals surface area contributed by atoms with Crippen molar-refractivity contribution in [2.75, 3.05) is 11.9 Å². The SMILES string of the molecule is CC(=O)Nc1cccc(-c2cncc(OC[C@H](Cc3c[nH]c4ccccc34)NC(=O)OC(C)(C)C)c2)c1. The molecule has 2 heterocycles. The number of anilines is 1. The molecule has 2 amide bonds. The van der Waals surface area contributed by atoms with E-state index in [9.17, 15) is 9.59 Å². The fourth-order valence-electron chi connectivity index (χ4n) is 4.02. The van der Waals surface area contributed by atoms with Crippen molar-refractivity contribution in [2.45, 2.75) is 45.8 Å². The van der Waals surface area contributed by atoms with Crippen molar-refractivity contribution in [2.24, 2.45) is 0 Å². The Balaban J connectivity index is 1.50. The fourth-order valence-corrected chi connectivity index (χ4v) is 4.02. The first-order valence-electron chi connectivity index (χ1n) is 12.2. The predicted octanol–water partition coefficient (Wildman–Crippen LogP) is 5.70. The molecule has 2 aromatic carbocycles. The van der Waals surface area contributed by atoms with Gasteiger partial charge in [0.15, 0.2) is 0 Å². The van der Waals surface area contributed by atoms with Crippen LogP contribution >= 0.6 is 0 Å². The Bertz CT molecular complexity index is 1390. The third-order valence-electron chi connectivity index (χ3n) is 5.54. The lowest BCUT2D eigenvalue weighted by Crippen LogP contribution is -2.43. The lowest BCUT2D eigenvalue weighted by atomic mass is 10.1. The first kappa shape index (κ1) is 25.8. The van der Waals surface area contributed by atoms with E-state index in [1.807, 2.05) is 75.5 Å². The standard InChI is InChI=1S/C29H32N4O4/c1-19(34)32-23-9-7-8-20(12-23)21-14-25(17-30-15-21)36-18-24(33-28(35)37-29(2,3)4)13-22-16-31-27-11-6-5-10-26(22)27/h5-12,14-17,24,31H,13,18H2,1-4H3,(H,32,34)(H,33,35)/t24-/m0/s1. The molecule has 0 unspecified atom stereocenters. The van der Waals surface area contributed by atoms with E-state index in [2.05, 4.69) is 26.7 Å². The van der Waals surface area contributed by atoms with Crippen LogP contribution in [0, 0.1) is 0 Å². The maximum Gasteiger partial charge on any atom is 0.408 e. The summed E-state index contributed by atoms with van der Waals surface area (Å²) in [7, 11) is 0. The molecule has 4 aromatic rings. The van der Waals surface area contributed by atoms with E-state index >= 15 is 0 Å². The summed E-state index contributed by atoms with van der Waals surface area (Å²) >= 11 is 0. The molecule has 3 N–H and O–H groups in total. The number of nitrogens with zero attached hydrogens (tertiary/aromatic N) is 1. The Hall–Kier alpha value is -4.33. The van der Waals surface area contributed by atoms with Crippen LogP contribution in [0.3, 0.4) is 0 Å². The highest BCUT2D eigenvalue weighted by atomic mass is 16.6. The number of hydrogen-bond acceptors (Lipinski definition) is 5. The van der Waals surface area contributed by atoms with E-state index in [4.69, 9.17) is 9.47 Å². The van der Waals surface area contributed by atoms with Gasteiger partial charge in [-0.1, -0.05) is 30.3 Å². The van der Waals surface area contributed by atoms with Crippen molar-refractivity contribution in [1.82, 2.24) is 15.3 Å². The molecule has 0 bridgehead atoms. The number of carbonyl (C=O) groups excluding carboxylic acids is 2. The number of nitrogens with one attached hydrogen (secondary N) is 3. The van der Waals surface area contributed by atoms with E-state index in [0.717, 1.165) is 27.6 Å². The second-order valence-corrected chi connectivity index (χ2v) is 9.89. The number of aromatic amines is 1. The lowest BCUT2D eigenvalue weighted by Gasteiger charge is -2.24. The molecule has 0 fully saturated rings. The van der Waals surface area contributed by atoms with Gasteiger partial charge in [0, 0.05) is 41.5 Å². The number of hydrogen-bond donors (Lipinski definition) is 3. The summed E-state index contributed by atoms with van der Waals surface area (Å²) in [5.41, 5.74) is 3.94. The Labute approximate surface area is 216 Å². The van der Waals surface area contributed by atoms with Gasteiger partial charge in [0.1, 0.15) is 18.0 Å². The number of pyridine rings is 1. The van der Waals surface area contributed by atoms with Gasteiger partial charge in [-0.15, -0.1) is 0 Å². The number of aromatic nitrogens is 2. The quantitative estimate of drug-likeness (QED) is 0.288. The first-order valence-corrected chi connectivity index (χ1v) is 12.2. The van der Waals surface area contributed by atoms with Crippen molar-refractivity contribution in [1.29, 1.82) is 0 Å². The molecular weight excluding hydrogens is 468 g/mol. The normalized spacial score (nSPS) is 12.1. The largest absolute Gasteiger partial charge is 0.490 e. The molecule has 0 spiro atoms. The van der Waals surface area contributed by atoms with Crippen LogP contribution in [0.2, 0.25) is 0 Å². The molecule has 1 atom stereocenters. The van der Waals surface area contributed by atoms with E-state index in [-0.39, 0.29) is 18.6 Å². The average molecular weight is 501 g/mol. The van der Waals surface area contributed by atoms with Gasteiger partial charge in [-0.2, -0.15) is 0 Å². The molecule has 8 heteroatoms. The number of H-pyrrole nitrogens is 1. The monoisotopic (exact) mass is 500 g/mol. The van der Waals surface area contributed by atoms with Crippen molar-refractivity contribution in [3.8, 4) is 16.9 Å². The Morgan fingerprint density at radius 3 is 2.62 bits per heavy atom. The Kier molecular flexibility index (Phi) is 7.77. The van der Waals surface area contributed by atoms with Gasteiger partial charge in [-0.25, -0.2) is 4.79 Å². The van der Waals surface area contributed by atoms with Crippen molar-refractivity contribution in [3.05, 3.63) is 78.8 Å². The van der Waals surface area contributed by atoms with Crippen LogP contribution in [0.1, 0.15) is 33.3 Å². The summed E-state index contributed by atoms with van der Waals surface area (Å²) in [6.07, 6.45) is 5.38. The summed E-state index contributed by atoms with van der Waals surface area (Å²) in [5.74, 6) is 0.434. The Morgan fingerprint density at radius 1 is 1.03 bits per heavy atom. The van der Waals surface area contributed by atoms with E-state index < -0.39 is 11.7 Å². The van der Waals surface area contributed by atoms with E-state index in [1.165, 1.54) is 6.92 Å². The minimum Gasteiger partial charge on any atom is -0.490 e. The fraction of sp³-hybridized carbons (Fsp3) is 0.276. The number of rotatable bonds is 8. The topological polar surface area (TPSA) is 105 Å². The smallest absolute Gasteiger partial charge is 0.408 e. The van der Waals surface area contributed by atoms with Gasteiger partial charge in [0.2, 0.25) is 5.91 Å². The number of ether oxygens (including phenoxy) is 2. The molecule has 0 aliphatic rings. The van der Waals surface area contributed by atoms with Crippen LogP contribution < -0.4 is 15.4 Å². The average Bonchev–Trinajstić information content (AvgIpc) is 3.24. The summed E-state index contributed by atoms with van der Waals surface area (Å²) in [6.45, 7) is 7.18. The second kappa shape index (κ2) is 11.2. The zero-order chi connectivity index (χ0) is 26.4. The summed E-state index contributed by atoms with van der Waals surface area (Å²) < 4.78 is 11.6. The molecule has 37 heavy (non-hydrogen) atoms. The number of benzene rings is 2. The van der Waals surface area contributed by atoms with Crippen molar-refractivity contribution < 1.29 is 19.1 Å². The van der Waals surface area contributed by atoms with Gasteiger partial charge < -0.3 is 25.1 Å². The summed E-state index contributed by atoms with van der Waals surface area (Å²) in [6, 6.07) is 17.1. The highest BCUT2D eigenvalue weighted by molar-refractivity contribution is 5.89. The highest BCUT2D eigenvalue weighted by Gasteiger charge is 2.21. The van der Waals surface area contributed by atoms with Gasteiger partial charge in [0.25, 0.3) is 0 Å². The molecule has 4 rings (SSSR count).